The van der Waals surface area contributed by atoms with Crippen molar-refractivity contribution >= 4 is 5.65 Å². The third-order valence-electron chi connectivity index (χ3n) is 2.38. The predicted octanol–water partition coefficient (Wildman–Crippen LogP) is 1.98. The maximum atomic E-state index is 4.30. The van der Waals surface area contributed by atoms with Gasteiger partial charge in [-0.05, 0) is 6.42 Å². The summed E-state index contributed by atoms with van der Waals surface area (Å²) in [6.45, 7) is 8.50. The van der Waals surface area contributed by atoms with Gasteiger partial charge in [0, 0.05) is 11.6 Å². The monoisotopic (exact) mass is 204 g/mol. The van der Waals surface area contributed by atoms with Crippen LogP contribution in [-0.2, 0) is 11.8 Å². The van der Waals surface area contributed by atoms with E-state index in [9.17, 15) is 0 Å². The molecular weight excluding hydrogens is 188 g/mol. The van der Waals surface area contributed by atoms with Crippen molar-refractivity contribution in [1.29, 1.82) is 0 Å². The summed E-state index contributed by atoms with van der Waals surface area (Å²) >= 11 is 0. The molecule has 80 valence electrons. The molecule has 0 saturated heterocycles. The molecule has 4 nitrogen and oxygen atoms in total. The first kappa shape index (κ1) is 10.1. The second-order valence-electron chi connectivity index (χ2n) is 4.73. The number of rotatable bonds is 1. The zero-order chi connectivity index (χ0) is 11.1. The third kappa shape index (κ3) is 1.71. The number of fused-ring (bicyclic) bond motifs is 1. The minimum atomic E-state index is 0.00574. The molecule has 4 heteroatoms. The summed E-state index contributed by atoms with van der Waals surface area (Å²) < 4.78 is 2.03. The van der Waals surface area contributed by atoms with E-state index in [4.69, 9.17) is 0 Å². The quantitative estimate of drug-likeness (QED) is 0.713. The molecule has 0 aromatic carbocycles. The number of aromatic nitrogens is 4. The zero-order valence-corrected chi connectivity index (χ0v) is 9.65. The maximum absolute atomic E-state index is 4.30. The van der Waals surface area contributed by atoms with Crippen LogP contribution in [0.15, 0.2) is 12.4 Å². The van der Waals surface area contributed by atoms with Gasteiger partial charge in [0.1, 0.15) is 5.82 Å². The lowest BCUT2D eigenvalue weighted by Gasteiger charge is -2.15. The van der Waals surface area contributed by atoms with Crippen molar-refractivity contribution in [1.82, 2.24) is 19.6 Å². The van der Waals surface area contributed by atoms with Gasteiger partial charge >= 0.3 is 0 Å². The van der Waals surface area contributed by atoms with E-state index >= 15 is 0 Å². The topological polar surface area (TPSA) is 43.1 Å². The Labute approximate surface area is 89.4 Å². The molecule has 0 amide bonds. The second kappa shape index (κ2) is 3.29. The normalized spacial score (nSPS) is 12.3. The molecule has 0 aliphatic carbocycles. The Morgan fingerprint density at radius 3 is 2.60 bits per heavy atom. The van der Waals surface area contributed by atoms with Gasteiger partial charge in [-0.2, -0.15) is 0 Å². The van der Waals surface area contributed by atoms with E-state index in [2.05, 4.69) is 42.9 Å². The molecule has 0 atom stereocenters. The third-order valence-corrected chi connectivity index (χ3v) is 2.38. The Bertz CT molecular complexity index is 479. The van der Waals surface area contributed by atoms with E-state index in [0.717, 1.165) is 23.6 Å². The minimum absolute atomic E-state index is 0.00574. The Hall–Kier alpha value is -1.45. The summed E-state index contributed by atoms with van der Waals surface area (Å²) in [7, 11) is 0. The number of nitrogens with zero attached hydrogens (tertiary/aromatic N) is 4. The molecular formula is C11H16N4. The van der Waals surface area contributed by atoms with Crippen molar-refractivity contribution in [3.63, 3.8) is 0 Å². The van der Waals surface area contributed by atoms with Gasteiger partial charge in [-0.3, -0.25) is 9.38 Å². The summed E-state index contributed by atoms with van der Waals surface area (Å²) in [6.07, 6.45) is 4.73. The molecule has 0 fully saturated rings. The highest BCUT2D eigenvalue weighted by Gasteiger charge is 2.20. The van der Waals surface area contributed by atoms with Gasteiger partial charge in [0.2, 0.25) is 0 Å². The lowest BCUT2D eigenvalue weighted by atomic mass is 9.96. The Kier molecular flexibility index (Phi) is 2.21. The van der Waals surface area contributed by atoms with Gasteiger partial charge in [0.25, 0.3) is 0 Å². The molecule has 2 aromatic heterocycles. The molecule has 0 spiro atoms. The highest BCUT2D eigenvalue weighted by atomic mass is 15.3. The van der Waals surface area contributed by atoms with Gasteiger partial charge in [0.05, 0.1) is 11.9 Å². The summed E-state index contributed by atoms with van der Waals surface area (Å²) in [6, 6.07) is 0. The van der Waals surface area contributed by atoms with Crippen LogP contribution in [0.3, 0.4) is 0 Å². The van der Waals surface area contributed by atoms with Crippen LogP contribution in [0.25, 0.3) is 5.65 Å². The average molecular weight is 204 g/mol. The van der Waals surface area contributed by atoms with Crippen molar-refractivity contribution in [2.75, 3.05) is 0 Å². The van der Waals surface area contributed by atoms with E-state index < -0.39 is 0 Å². The highest BCUT2D eigenvalue weighted by molar-refractivity contribution is 5.36. The largest absolute Gasteiger partial charge is 0.283 e. The summed E-state index contributed by atoms with van der Waals surface area (Å²) in [5.74, 6) is 0.981. The van der Waals surface area contributed by atoms with Crippen molar-refractivity contribution in [2.45, 2.75) is 39.5 Å². The molecule has 2 rings (SSSR count). The number of hydrogen-bond acceptors (Lipinski definition) is 3. The molecule has 0 radical (unpaired) electrons. The van der Waals surface area contributed by atoms with Crippen LogP contribution >= 0.6 is 0 Å². The molecule has 0 bridgehead atoms. The van der Waals surface area contributed by atoms with Crippen LogP contribution in [0.2, 0.25) is 0 Å². The molecule has 0 aliphatic heterocycles. The standard InChI is InChI=1S/C11H16N4/c1-5-8-7-15-9(6-12-8)13-14-10(15)11(2,3)4/h6-7H,5H2,1-4H3. The molecule has 0 unspecified atom stereocenters. The second-order valence-corrected chi connectivity index (χ2v) is 4.73. The predicted molar refractivity (Wildman–Crippen MR) is 58.9 cm³/mol. The Balaban J connectivity index is 2.67. The minimum Gasteiger partial charge on any atom is -0.283 e. The highest BCUT2D eigenvalue weighted by Crippen LogP contribution is 2.20. The van der Waals surface area contributed by atoms with Gasteiger partial charge in [-0.1, -0.05) is 27.7 Å². The number of hydrogen-bond donors (Lipinski definition) is 0. The first-order valence-corrected chi connectivity index (χ1v) is 5.22. The van der Waals surface area contributed by atoms with Crippen LogP contribution in [0.5, 0.6) is 0 Å². The van der Waals surface area contributed by atoms with Crippen LogP contribution in [0.1, 0.15) is 39.2 Å². The fourth-order valence-electron chi connectivity index (χ4n) is 1.54. The molecule has 0 aliphatic rings. The van der Waals surface area contributed by atoms with Crippen LogP contribution < -0.4 is 0 Å². The van der Waals surface area contributed by atoms with Crippen LogP contribution in [-0.4, -0.2) is 19.6 Å². The zero-order valence-electron chi connectivity index (χ0n) is 9.65. The van der Waals surface area contributed by atoms with E-state index in [-0.39, 0.29) is 5.41 Å². The van der Waals surface area contributed by atoms with Gasteiger partial charge in [0.15, 0.2) is 5.65 Å². The number of aryl methyl sites for hydroxylation is 1. The lowest BCUT2D eigenvalue weighted by Crippen LogP contribution is -2.16. The van der Waals surface area contributed by atoms with Gasteiger partial charge in [-0.15, -0.1) is 10.2 Å². The van der Waals surface area contributed by atoms with Crippen molar-refractivity contribution in [3.05, 3.63) is 23.9 Å². The van der Waals surface area contributed by atoms with E-state index in [1.165, 1.54) is 0 Å². The van der Waals surface area contributed by atoms with Gasteiger partial charge in [-0.25, -0.2) is 0 Å². The molecule has 0 N–H and O–H groups in total. The maximum Gasteiger partial charge on any atom is 0.179 e. The van der Waals surface area contributed by atoms with Crippen LogP contribution in [0.4, 0.5) is 0 Å². The SMILES string of the molecule is CCc1cn2c(C(C)(C)C)nnc2cn1. The van der Waals surface area contributed by atoms with Crippen molar-refractivity contribution in [3.8, 4) is 0 Å². The fourth-order valence-corrected chi connectivity index (χ4v) is 1.54. The molecule has 2 heterocycles. The first-order chi connectivity index (χ1) is 7.02. The molecule has 0 saturated carbocycles. The van der Waals surface area contributed by atoms with Crippen molar-refractivity contribution < 1.29 is 0 Å². The van der Waals surface area contributed by atoms with E-state index in [1.54, 1.807) is 6.20 Å². The smallest absolute Gasteiger partial charge is 0.179 e. The Morgan fingerprint density at radius 1 is 1.27 bits per heavy atom. The molecule has 2 aromatic rings. The van der Waals surface area contributed by atoms with E-state index in [0.29, 0.717) is 0 Å². The molecule has 15 heavy (non-hydrogen) atoms. The van der Waals surface area contributed by atoms with Gasteiger partial charge < -0.3 is 0 Å². The summed E-state index contributed by atoms with van der Waals surface area (Å²) in [5.41, 5.74) is 1.89. The van der Waals surface area contributed by atoms with Crippen molar-refractivity contribution in [2.24, 2.45) is 0 Å². The summed E-state index contributed by atoms with van der Waals surface area (Å²) in [5, 5.41) is 8.33. The van der Waals surface area contributed by atoms with E-state index in [1.807, 2.05) is 10.6 Å². The Morgan fingerprint density at radius 2 is 2.00 bits per heavy atom. The van der Waals surface area contributed by atoms with Crippen LogP contribution in [0, 0.1) is 0 Å². The first-order valence-electron chi connectivity index (χ1n) is 5.22. The summed E-state index contributed by atoms with van der Waals surface area (Å²) in [4.78, 5) is 4.30. The lowest BCUT2D eigenvalue weighted by molar-refractivity contribution is 0.538. The average Bonchev–Trinajstić information content (AvgIpc) is 2.59. The fraction of sp³-hybridized carbons (Fsp3) is 0.545.